The number of esters is 1. The standard InChI is InChI=1S/C29H33F2N3O5S2/c1-16(34(6)7)26(32-18(3)35)14-40-17(2)27(33-19(4)36)15-41-29(38)24-12-21(8-11-28(24)39-20(5)37)23-10-9-22(30)13-25(23)31/h8-13,26-27H,1-2,14-15H2,3-7H3,(H,32,35)(H,33,36). The summed E-state index contributed by atoms with van der Waals surface area (Å²) >= 11 is 2.15. The van der Waals surface area contributed by atoms with Crippen LogP contribution in [0.1, 0.15) is 31.1 Å². The molecule has 12 heteroatoms. The highest BCUT2D eigenvalue weighted by Gasteiger charge is 2.23. The molecule has 41 heavy (non-hydrogen) atoms. The number of likely N-dealkylation sites (N-methyl/N-ethyl adjacent to an activating group) is 1. The molecule has 2 atom stereocenters. The maximum absolute atomic E-state index is 14.4. The average molecular weight is 606 g/mol. The van der Waals surface area contributed by atoms with E-state index in [0.29, 0.717) is 16.4 Å². The van der Waals surface area contributed by atoms with Crippen LogP contribution < -0.4 is 15.4 Å². The van der Waals surface area contributed by atoms with Crippen LogP contribution >= 0.6 is 23.5 Å². The van der Waals surface area contributed by atoms with Crippen molar-refractivity contribution in [2.75, 3.05) is 25.6 Å². The van der Waals surface area contributed by atoms with Crippen LogP contribution in [0.15, 0.2) is 60.2 Å². The van der Waals surface area contributed by atoms with E-state index < -0.39 is 34.8 Å². The molecule has 2 N–H and O–H groups in total. The van der Waals surface area contributed by atoms with E-state index >= 15 is 0 Å². The first-order valence-corrected chi connectivity index (χ1v) is 14.3. The topological polar surface area (TPSA) is 105 Å². The number of carbonyl (C=O) groups excluding carboxylic acids is 4. The summed E-state index contributed by atoms with van der Waals surface area (Å²) in [5.41, 5.74) is 1.02. The Morgan fingerprint density at radius 3 is 2.07 bits per heavy atom. The summed E-state index contributed by atoms with van der Waals surface area (Å²) in [6, 6.07) is 6.25. The van der Waals surface area contributed by atoms with Crippen molar-refractivity contribution < 1.29 is 32.7 Å². The molecule has 2 unspecified atom stereocenters. The van der Waals surface area contributed by atoms with Gasteiger partial charge in [-0.2, -0.15) is 0 Å². The zero-order valence-corrected chi connectivity index (χ0v) is 25.1. The lowest BCUT2D eigenvalue weighted by Gasteiger charge is -2.27. The van der Waals surface area contributed by atoms with Crippen molar-refractivity contribution in [2.45, 2.75) is 32.9 Å². The third-order valence-corrected chi connectivity index (χ3v) is 7.77. The molecule has 2 aromatic carbocycles. The second-order valence-electron chi connectivity index (χ2n) is 9.20. The summed E-state index contributed by atoms with van der Waals surface area (Å²) in [6.45, 7) is 12.0. The van der Waals surface area contributed by atoms with Gasteiger partial charge in [0.25, 0.3) is 0 Å². The molecule has 0 saturated heterocycles. The maximum atomic E-state index is 14.4. The van der Waals surface area contributed by atoms with Gasteiger partial charge in [-0.15, -0.1) is 11.8 Å². The molecule has 2 amide bonds. The predicted molar refractivity (Wildman–Crippen MR) is 160 cm³/mol. The van der Waals surface area contributed by atoms with Gasteiger partial charge in [-0.1, -0.05) is 31.0 Å². The molecule has 0 aliphatic heterocycles. The molecule has 0 aromatic heterocycles. The minimum atomic E-state index is -0.815. The molecular weight excluding hydrogens is 572 g/mol. The molecule has 0 fully saturated rings. The van der Waals surface area contributed by atoms with Crippen molar-refractivity contribution in [1.82, 2.24) is 15.5 Å². The maximum Gasteiger partial charge on any atom is 0.308 e. The van der Waals surface area contributed by atoms with Gasteiger partial charge in [0.15, 0.2) is 0 Å². The van der Waals surface area contributed by atoms with E-state index in [1.807, 2.05) is 14.1 Å². The molecule has 0 radical (unpaired) electrons. The van der Waals surface area contributed by atoms with E-state index in [4.69, 9.17) is 4.74 Å². The molecule has 0 heterocycles. The number of rotatable bonds is 13. The first-order chi connectivity index (χ1) is 19.2. The van der Waals surface area contributed by atoms with Crippen LogP contribution in [-0.2, 0) is 14.4 Å². The van der Waals surface area contributed by atoms with Gasteiger partial charge in [0.05, 0.1) is 17.6 Å². The zero-order valence-electron chi connectivity index (χ0n) is 23.5. The van der Waals surface area contributed by atoms with Crippen molar-refractivity contribution >= 4 is 46.4 Å². The van der Waals surface area contributed by atoms with E-state index in [9.17, 15) is 28.0 Å². The molecule has 0 saturated carbocycles. The van der Waals surface area contributed by atoms with Crippen molar-refractivity contribution in [1.29, 1.82) is 0 Å². The van der Waals surface area contributed by atoms with Crippen LogP contribution in [0.2, 0.25) is 0 Å². The van der Waals surface area contributed by atoms with Crippen molar-refractivity contribution in [2.24, 2.45) is 0 Å². The molecule has 220 valence electrons. The monoisotopic (exact) mass is 605 g/mol. The van der Waals surface area contributed by atoms with Crippen LogP contribution in [-0.4, -0.2) is 65.5 Å². The minimum Gasteiger partial charge on any atom is -0.426 e. The molecule has 0 spiro atoms. The number of amides is 2. The number of thioether (sulfide) groups is 2. The van der Waals surface area contributed by atoms with Crippen LogP contribution in [0.25, 0.3) is 11.1 Å². The summed E-state index contributed by atoms with van der Waals surface area (Å²) in [6.07, 6.45) is 0. The van der Waals surface area contributed by atoms with Crippen molar-refractivity contribution in [3.05, 3.63) is 77.4 Å². The average Bonchev–Trinajstić information content (AvgIpc) is 2.87. The molecule has 8 nitrogen and oxygen atoms in total. The van der Waals surface area contributed by atoms with Gasteiger partial charge >= 0.3 is 5.97 Å². The summed E-state index contributed by atoms with van der Waals surface area (Å²) in [7, 11) is 3.62. The van der Waals surface area contributed by atoms with E-state index in [0.717, 1.165) is 23.9 Å². The lowest BCUT2D eigenvalue weighted by Crippen LogP contribution is -2.41. The van der Waals surface area contributed by atoms with Crippen LogP contribution in [0.5, 0.6) is 5.75 Å². The largest absolute Gasteiger partial charge is 0.426 e. The number of hydrogen-bond donors (Lipinski definition) is 2. The molecular formula is C29H33F2N3O5S2. The summed E-state index contributed by atoms with van der Waals surface area (Å²) in [5.74, 6) is -2.34. The summed E-state index contributed by atoms with van der Waals surface area (Å²) < 4.78 is 33.1. The Labute approximate surface area is 247 Å². The Hall–Kier alpha value is -3.64. The van der Waals surface area contributed by atoms with Crippen LogP contribution in [0.3, 0.4) is 0 Å². The first-order valence-electron chi connectivity index (χ1n) is 12.4. The van der Waals surface area contributed by atoms with Crippen LogP contribution in [0, 0.1) is 11.6 Å². The predicted octanol–water partition coefficient (Wildman–Crippen LogP) is 4.76. The van der Waals surface area contributed by atoms with Gasteiger partial charge < -0.3 is 20.3 Å². The third kappa shape index (κ3) is 10.4. The van der Waals surface area contributed by atoms with Gasteiger partial charge in [0.1, 0.15) is 17.4 Å². The minimum absolute atomic E-state index is 0.000676. The SMILES string of the molecule is C=C(SCC(NC(C)=O)C(=C)N(C)C)C(CSC(=O)c1cc(-c2ccc(F)cc2F)ccc1OC(C)=O)NC(C)=O. The molecule has 0 bridgehead atoms. The number of hydrogen-bond acceptors (Lipinski definition) is 8. The van der Waals surface area contributed by atoms with E-state index in [1.54, 1.807) is 4.90 Å². The molecule has 2 rings (SSSR count). The number of nitrogens with one attached hydrogen (secondary N) is 2. The van der Waals surface area contributed by atoms with Crippen molar-refractivity contribution in [3.8, 4) is 16.9 Å². The van der Waals surface area contributed by atoms with Crippen LogP contribution in [0.4, 0.5) is 8.78 Å². The van der Waals surface area contributed by atoms with Gasteiger partial charge in [-0.05, 0) is 29.8 Å². The van der Waals surface area contributed by atoms with Gasteiger partial charge in [0.2, 0.25) is 16.9 Å². The highest BCUT2D eigenvalue weighted by molar-refractivity contribution is 8.14. The quantitative estimate of drug-likeness (QED) is 0.249. The number of ether oxygens (including phenoxy) is 1. The highest BCUT2D eigenvalue weighted by Crippen LogP contribution is 2.32. The Kier molecular flexibility index (Phi) is 12.6. The van der Waals surface area contributed by atoms with Gasteiger partial charge in [-0.25, -0.2) is 8.78 Å². The number of carbonyl (C=O) groups is 4. The zero-order chi connectivity index (χ0) is 30.9. The normalized spacial score (nSPS) is 12.1. The second-order valence-corrected chi connectivity index (χ2v) is 11.3. The van der Waals surface area contributed by atoms with E-state index in [1.165, 1.54) is 56.8 Å². The molecule has 0 aliphatic carbocycles. The molecule has 2 aromatic rings. The fraction of sp³-hybridized carbons (Fsp3) is 0.310. The fourth-order valence-electron chi connectivity index (χ4n) is 3.59. The van der Waals surface area contributed by atoms with E-state index in [-0.39, 0.29) is 40.0 Å². The Bertz CT molecular complexity index is 1350. The Morgan fingerprint density at radius 1 is 0.902 bits per heavy atom. The number of benzene rings is 2. The summed E-state index contributed by atoms with van der Waals surface area (Å²) in [5, 5.41) is 5.11. The second kappa shape index (κ2) is 15.4. The lowest BCUT2D eigenvalue weighted by molar-refractivity contribution is -0.132. The Morgan fingerprint density at radius 2 is 1.51 bits per heavy atom. The highest BCUT2D eigenvalue weighted by atomic mass is 32.2. The van der Waals surface area contributed by atoms with E-state index in [2.05, 4.69) is 23.8 Å². The lowest BCUT2D eigenvalue weighted by atomic mass is 10.0. The first kappa shape index (κ1) is 33.6. The van der Waals surface area contributed by atoms with Crippen molar-refractivity contribution in [3.63, 3.8) is 0 Å². The van der Waals surface area contributed by atoms with Gasteiger partial charge in [0, 0.05) is 68.6 Å². The number of halogens is 2. The number of nitrogens with zero attached hydrogens (tertiary/aromatic N) is 1. The smallest absolute Gasteiger partial charge is 0.308 e. The fourth-order valence-corrected chi connectivity index (χ4v) is 5.61. The molecule has 0 aliphatic rings. The third-order valence-electron chi connectivity index (χ3n) is 5.63. The van der Waals surface area contributed by atoms with Gasteiger partial charge in [-0.3, -0.25) is 19.2 Å². The Balaban J connectivity index is 2.26. The summed E-state index contributed by atoms with van der Waals surface area (Å²) in [4.78, 5) is 51.0.